The number of pyridine rings is 1. The molecule has 1 aliphatic carbocycles. The molecule has 4 heterocycles. The summed E-state index contributed by atoms with van der Waals surface area (Å²) in [6.07, 6.45) is 7.46. The normalized spacial score (nSPS) is 20.8. The smallest absolute Gasteiger partial charge is 0.409 e. The van der Waals surface area contributed by atoms with E-state index in [1.54, 1.807) is 15.5 Å². The van der Waals surface area contributed by atoms with Crippen LogP contribution in [-0.2, 0) is 4.74 Å². The molecule has 1 saturated heterocycles. The molecule has 3 aromatic heterocycles. The zero-order chi connectivity index (χ0) is 23.2. The summed E-state index contributed by atoms with van der Waals surface area (Å²) in [5.74, 6) is 0.763. The molecule has 2 amide bonds. The highest BCUT2D eigenvalue weighted by Crippen LogP contribution is 2.35. The summed E-state index contributed by atoms with van der Waals surface area (Å²) in [6.45, 7) is 4.94. The SMILES string of the molecule is COC(=O)N1CC(c2nc(C3=CC=C(C)C(C)(NC(=O)c4cnc5ccccn45)C3)no2)C1. The van der Waals surface area contributed by atoms with Crippen LogP contribution in [0.4, 0.5) is 4.79 Å². The lowest BCUT2D eigenvalue weighted by Gasteiger charge is -2.35. The van der Waals surface area contributed by atoms with Crippen molar-refractivity contribution in [1.82, 2.24) is 29.7 Å². The number of aromatic nitrogens is 4. The fourth-order valence-corrected chi connectivity index (χ4v) is 4.14. The summed E-state index contributed by atoms with van der Waals surface area (Å²) >= 11 is 0. The van der Waals surface area contributed by atoms with Crippen LogP contribution in [0.5, 0.6) is 0 Å². The molecule has 1 unspecified atom stereocenters. The van der Waals surface area contributed by atoms with Gasteiger partial charge in [0.25, 0.3) is 5.91 Å². The van der Waals surface area contributed by atoms with Crippen molar-refractivity contribution in [3.8, 4) is 0 Å². The Labute approximate surface area is 189 Å². The Morgan fingerprint density at radius 1 is 1.27 bits per heavy atom. The van der Waals surface area contributed by atoms with Crippen molar-refractivity contribution >= 4 is 23.2 Å². The number of allylic oxidation sites excluding steroid dienone is 2. The summed E-state index contributed by atoms with van der Waals surface area (Å²) < 4.78 is 11.9. The van der Waals surface area contributed by atoms with Crippen LogP contribution in [0.2, 0.25) is 0 Å². The topological polar surface area (TPSA) is 115 Å². The van der Waals surface area contributed by atoms with Crippen molar-refractivity contribution in [2.45, 2.75) is 31.7 Å². The maximum atomic E-state index is 13.1. The molecule has 170 valence electrons. The molecule has 0 saturated carbocycles. The second-order valence-electron chi connectivity index (χ2n) is 8.61. The number of amides is 2. The highest BCUT2D eigenvalue weighted by Gasteiger charge is 2.38. The summed E-state index contributed by atoms with van der Waals surface area (Å²) in [6, 6.07) is 5.59. The molecule has 0 bridgehead atoms. The van der Waals surface area contributed by atoms with Crippen LogP contribution in [0.15, 0.2) is 52.8 Å². The van der Waals surface area contributed by atoms with E-state index in [9.17, 15) is 9.59 Å². The Morgan fingerprint density at radius 2 is 2.09 bits per heavy atom. The van der Waals surface area contributed by atoms with Gasteiger partial charge in [-0.3, -0.25) is 9.20 Å². The molecule has 10 heteroatoms. The first-order valence-electron chi connectivity index (χ1n) is 10.7. The van der Waals surface area contributed by atoms with Gasteiger partial charge in [0.15, 0.2) is 5.82 Å². The van der Waals surface area contributed by atoms with Crippen LogP contribution in [0.25, 0.3) is 11.2 Å². The lowest BCUT2D eigenvalue weighted by atomic mass is 9.81. The minimum absolute atomic E-state index is 0.00643. The molecule has 1 aliphatic heterocycles. The van der Waals surface area contributed by atoms with Gasteiger partial charge in [0.05, 0.1) is 24.8 Å². The van der Waals surface area contributed by atoms with E-state index in [2.05, 4.69) is 20.4 Å². The number of nitrogens with zero attached hydrogens (tertiary/aromatic N) is 5. The largest absolute Gasteiger partial charge is 0.453 e. The van der Waals surface area contributed by atoms with E-state index < -0.39 is 5.54 Å². The monoisotopic (exact) mass is 448 g/mol. The van der Waals surface area contributed by atoms with Crippen LogP contribution in [-0.4, -0.2) is 62.2 Å². The Balaban J connectivity index is 1.31. The molecule has 10 nitrogen and oxygen atoms in total. The van der Waals surface area contributed by atoms with Crippen LogP contribution < -0.4 is 5.32 Å². The molecule has 0 aromatic carbocycles. The third-order valence-corrected chi connectivity index (χ3v) is 6.38. The maximum absolute atomic E-state index is 13.1. The molecule has 0 spiro atoms. The number of hydrogen-bond donors (Lipinski definition) is 1. The van der Waals surface area contributed by atoms with Crippen molar-refractivity contribution in [3.63, 3.8) is 0 Å². The van der Waals surface area contributed by atoms with Gasteiger partial charge in [-0.15, -0.1) is 0 Å². The number of fused-ring (bicyclic) bond motifs is 1. The first kappa shape index (κ1) is 20.9. The van der Waals surface area contributed by atoms with E-state index in [-0.39, 0.29) is 17.9 Å². The number of nitrogens with one attached hydrogen (secondary N) is 1. The number of rotatable bonds is 4. The lowest BCUT2D eigenvalue weighted by molar-refractivity contribution is 0.0804. The Morgan fingerprint density at radius 3 is 2.88 bits per heavy atom. The van der Waals surface area contributed by atoms with Crippen LogP contribution in [0.3, 0.4) is 0 Å². The number of ether oxygens (including phenoxy) is 1. The maximum Gasteiger partial charge on any atom is 0.409 e. The van der Waals surface area contributed by atoms with E-state index in [4.69, 9.17) is 9.26 Å². The third kappa shape index (κ3) is 3.67. The number of likely N-dealkylation sites (tertiary alicyclic amines) is 1. The summed E-state index contributed by atoms with van der Waals surface area (Å²) in [5.41, 5.74) is 2.44. The van der Waals surface area contributed by atoms with E-state index in [0.717, 1.165) is 11.1 Å². The van der Waals surface area contributed by atoms with Crippen LogP contribution >= 0.6 is 0 Å². The second kappa shape index (κ2) is 7.88. The molecule has 3 aromatic rings. The summed E-state index contributed by atoms with van der Waals surface area (Å²) in [4.78, 5) is 35.1. The standard InChI is InChI=1S/C23H24N6O4/c1-14-7-8-15(19-25-21(33-27-19)16-12-28(13-16)22(31)32-3)10-23(14,2)26-20(30)17-11-24-18-6-4-5-9-29(17)18/h4-9,11,16H,10,12-13H2,1-3H3,(H,26,30). The lowest BCUT2D eigenvalue weighted by Crippen LogP contribution is -2.48. The van der Waals surface area contributed by atoms with Crippen LogP contribution in [0.1, 0.15) is 48.4 Å². The molecular weight excluding hydrogens is 424 g/mol. The Bertz CT molecular complexity index is 1300. The molecule has 0 radical (unpaired) electrons. The van der Waals surface area contributed by atoms with Gasteiger partial charge in [-0.1, -0.05) is 23.4 Å². The van der Waals surface area contributed by atoms with Gasteiger partial charge in [0.2, 0.25) is 5.89 Å². The van der Waals surface area contributed by atoms with Crippen molar-refractivity contribution in [2.24, 2.45) is 0 Å². The van der Waals surface area contributed by atoms with Gasteiger partial charge in [-0.25, -0.2) is 9.78 Å². The summed E-state index contributed by atoms with van der Waals surface area (Å²) in [7, 11) is 1.36. The first-order chi connectivity index (χ1) is 15.9. The van der Waals surface area contributed by atoms with Gasteiger partial charge < -0.3 is 19.5 Å². The van der Waals surface area contributed by atoms with Crippen LogP contribution in [0, 0.1) is 0 Å². The fraction of sp³-hybridized carbons (Fsp3) is 0.348. The van der Waals surface area contributed by atoms with E-state index in [0.29, 0.717) is 42.6 Å². The van der Waals surface area contributed by atoms with Gasteiger partial charge in [-0.05, 0) is 31.6 Å². The average molecular weight is 448 g/mol. The van der Waals surface area contributed by atoms with Gasteiger partial charge in [0.1, 0.15) is 11.3 Å². The quantitative estimate of drug-likeness (QED) is 0.653. The predicted molar refractivity (Wildman–Crippen MR) is 118 cm³/mol. The molecule has 5 rings (SSSR count). The predicted octanol–water partition coefficient (Wildman–Crippen LogP) is 2.81. The molecule has 2 aliphatic rings. The highest BCUT2D eigenvalue weighted by atomic mass is 16.5. The molecule has 1 N–H and O–H groups in total. The zero-order valence-electron chi connectivity index (χ0n) is 18.6. The zero-order valence-corrected chi connectivity index (χ0v) is 18.6. The highest BCUT2D eigenvalue weighted by molar-refractivity contribution is 5.94. The minimum Gasteiger partial charge on any atom is -0.453 e. The number of hydrogen-bond acceptors (Lipinski definition) is 7. The molecule has 33 heavy (non-hydrogen) atoms. The van der Waals surface area contributed by atoms with Gasteiger partial charge >= 0.3 is 6.09 Å². The fourth-order valence-electron chi connectivity index (χ4n) is 4.14. The van der Waals surface area contributed by atoms with Crippen molar-refractivity contribution in [1.29, 1.82) is 0 Å². The Hall–Kier alpha value is -3.95. The first-order valence-corrected chi connectivity index (χ1v) is 10.7. The number of imidazole rings is 1. The molecule has 1 fully saturated rings. The molecular formula is C23H24N6O4. The average Bonchev–Trinajstić information content (AvgIpc) is 3.42. The van der Waals surface area contributed by atoms with Crippen molar-refractivity contribution < 1.29 is 18.8 Å². The number of carbonyl (C=O) groups excluding carboxylic acids is 2. The number of methoxy groups -OCH3 is 1. The van der Waals surface area contributed by atoms with E-state index >= 15 is 0 Å². The van der Waals surface area contributed by atoms with Gasteiger partial charge in [0, 0.05) is 31.3 Å². The van der Waals surface area contributed by atoms with E-state index in [1.807, 2.05) is 50.4 Å². The third-order valence-electron chi connectivity index (χ3n) is 6.38. The van der Waals surface area contributed by atoms with Gasteiger partial charge in [-0.2, -0.15) is 4.98 Å². The van der Waals surface area contributed by atoms with Crippen molar-refractivity contribution in [2.75, 3.05) is 20.2 Å². The molecule has 1 atom stereocenters. The second-order valence-corrected chi connectivity index (χ2v) is 8.61. The Kier molecular flexibility index (Phi) is 4.99. The van der Waals surface area contributed by atoms with E-state index in [1.165, 1.54) is 7.11 Å². The minimum atomic E-state index is -0.626. The van der Waals surface area contributed by atoms with Crippen molar-refractivity contribution in [3.05, 3.63) is 65.7 Å². The number of carbonyl (C=O) groups is 2. The summed E-state index contributed by atoms with van der Waals surface area (Å²) in [5, 5.41) is 7.31.